The van der Waals surface area contributed by atoms with E-state index in [1.807, 2.05) is 0 Å². The van der Waals surface area contributed by atoms with Gasteiger partial charge in [0.05, 0.1) is 7.11 Å². The third kappa shape index (κ3) is 4.22. The maximum atomic E-state index is 13.2. The fourth-order valence-electron chi connectivity index (χ4n) is 2.13. The van der Waals surface area contributed by atoms with Gasteiger partial charge in [-0.25, -0.2) is 4.79 Å². The number of ether oxygens (including phenoxy) is 1. The number of methoxy groups -OCH3 is 1. The smallest absolute Gasteiger partial charge is 0.412 e. The molecule has 1 aromatic rings. The van der Waals surface area contributed by atoms with Crippen LogP contribution < -0.4 is 10.1 Å². The van der Waals surface area contributed by atoms with Gasteiger partial charge in [0.25, 0.3) is 0 Å². The molecule has 0 saturated carbocycles. The molecule has 1 aliphatic heterocycles. The van der Waals surface area contributed by atoms with Crippen LogP contribution in [0.1, 0.15) is 11.6 Å². The second-order valence-corrected chi connectivity index (χ2v) is 6.02. The molecule has 1 fully saturated rings. The first-order chi connectivity index (χ1) is 10.4. The molecule has 4 nitrogen and oxygen atoms in total. The van der Waals surface area contributed by atoms with Gasteiger partial charge in [0, 0.05) is 24.6 Å². The quantitative estimate of drug-likeness (QED) is 0.924. The number of urea groups is 1. The van der Waals surface area contributed by atoms with Gasteiger partial charge >= 0.3 is 12.2 Å². The third-order valence-corrected chi connectivity index (χ3v) is 4.29. The summed E-state index contributed by atoms with van der Waals surface area (Å²) in [4.78, 5) is 13.4. The van der Waals surface area contributed by atoms with E-state index in [0.717, 1.165) is 11.5 Å². The van der Waals surface area contributed by atoms with Gasteiger partial charge in [-0.3, -0.25) is 0 Å². The summed E-state index contributed by atoms with van der Waals surface area (Å²) in [5.74, 6) is 1.95. The molecule has 1 unspecified atom stereocenters. The normalized spacial score (nSPS) is 17.0. The number of amides is 2. The Bertz CT molecular complexity index is 502. The lowest BCUT2D eigenvalue weighted by atomic mass is 10.1. The molecular weight excluding hydrogens is 317 g/mol. The number of thioether (sulfide) groups is 1. The van der Waals surface area contributed by atoms with E-state index in [4.69, 9.17) is 4.74 Å². The van der Waals surface area contributed by atoms with E-state index in [0.29, 0.717) is 18.8 Å². The standard InChI is InChI=1S/C14H17F3N2O2S/c1-21-11-4-2-10(3-5-11)12(14(15,16)17)18-13(20)19-6-8-22-9-7-19/h2-5,12H,6-9H2,1H3,(H,18,20). The van der Waals surface area contributed by atoms with E-state index < -0.39 is 18.2 Å². The van der Waals surface area contributed by atoms with Crippen molar-refractivity contribution in [2.24, 2.45) is 0 Å². The van der Waals surface area contributed by atoms with Crippen molar-refractivity contribution in [1.29, 1.82) is 0 Å². The van der Waals surface area contributed by atoms with Crippen molar-refractivity contribution < 1.29 is 22.7 Å². The van der Waals surface area contributed by atoms with Crippen LogP contribution in [0, 0.1) is 0 Å². The molecule has 1 N–H and O–H groups in total. The summed E-state index contributed by atoms with van der Waals surface area (Å²) < 4.78 is 44.7. The number of halogens is 3. The van der Waals surface area contributed by atoms with E-state index in [1.165, 1.54) is 36.3 Å². The average Bonchev–Trinajstić information content (AvgIpc) is 2.52. The maximum absolute atomic E-state index is 13.2. The van der Waals surface area contributed by atoms with Crippen LogP contribution in [-0.2, 0) is 0 Å². The summed E-state index contributed by atoms with van der Waals surface area (Å²) in [7, 11) is 1.44. The van der Waals surface area contributed by atoms with Crippen molar-refractivity contribution in [2.45, 2.75) is 12.2 Å². The van der Waals surface area contributed by atoms with Gasteiger partial charge in [-0.2, -0.15) is 24.9 Å². The minimum Gasteiger partial charge on any atom is -0.497 e. The Morgan fingerprint density at radius 1 is 1.27 bits per heavy atom. The molecule has 0 bridgehead atoms. The second kappa shape index (κ2) is 7.13. The van der Waals surface area contributed by atoms with E-state index in [9.17, 15) is 18.0 Å². The maximum Gasteiger partial charge on any atom is 0.412 e. The van der Waals surface area contributed by atoms with Crippen molar-refractivity contribution in [3.63, 3.8) is 0 Å². The Hall–Kier alpha value is -1.57. The highest BCUT2D eigenvalue weighted by atomic mass is 32.2. The number of carbonyl (C=O) groups excluding carboxylic acids is 1. The highest BCUT2D eigenvalue weighted by Gasteiger charge is 2.42. The molecule has 0 spiro atoms. The second-order valence-electron chi connectivity index (χ2n) is 4.80. The molecular formula is C14H17F3N2O2S. The number of hydrogen-bond donors (Lipinski definition) is 1. The summed E-state index contributed by atoms with van der Waals surface area (Å²) in [6.07, 6.45) is -4.56. The molecule has 0 aliphatic carbocycles. The molecule has 8 heteroatoms. The third-order valence-electron chi connectivity index (χ3n) is 3.34. The average molecular weight is 334 g/mol. The Morgan fingerprint density at radius 2 is 1.86 bits per heavy atom. The number of nitrogens with zero attached hydrogens (tertiary/aromatic N) is 1. The van der Waals surface area contributed by atoms with Crippen molar-refractivity contribution in [3.8, 4) is 5.75 Å². The van der Waals surface area contributed by atoms with Gasteiger partial charge in [-0.1, -0.05) is 12.1 Å². The first-order valence-corrected chi connectivity index (χ1v) is 7.91. The lowest BCUT2D eigenvalue weighted by molar-refractivity contribution is -0.155. The van der Waals surface area contributed by atoms with Crippen LogP contribution in [0.3, 0.4) is 0 Å². The Balaban J connectivity index is 2.13. The number of hydrogen-bond acceptors (Lipinski definition) is 3. The Labute approximate surface area is 131 Å². The molecule has 0 aromatic heterocycles. The fourth-order valence-corrected chi connectivity index (χ4v) is 3.03. The lowest BCUT2D eigenvalue weighted by Crippen LogP contribution is -2.48. The zero-order valence-corrected chi connectivity index (χ0v) is 12.8. The Morgan fingerprint density at radius 3 is 2.36 bits per heavy atom. The molecule has 2 rings (SSSR count). The van der Waals surface area contributed by atoms with Crippen molar-refractivity contribution >= 4 is 17.8 Å². The minimum atomic E-state index is -4.56. The predicted octanol–water partition coefficient (Wildman–Crippen LogP) is 3.06. The summed E-state index contributed by atoms with van der Waals surface area (Å²) in [6, 6.07) is 2.79. The molecule has 0 radical (unpaired) electrons. The summed E-state index contributed by atoms with van der Waals surface area (Å²) in [5.41, 5.74) is -0.0203. The number of carbonyl (C=O) groups is 1. The summed E-state index contributed by atoms with van der Waals surface area (Å²) in [6.45, 7) is 0.924. The van der Waals surface area contributed by atoms with Crippen LogP contribution in [0.5, 0.6) is 5.75 Å². The van der Waals surface area contributed by atoms with Crippen molar-refractivity contribution in [2.75, 3.05) is 31.7 Å². The van der Waals surface area contributed by atoms with Crippen LogP contribution >= 0.6 is 11.8 Å². The molecule has 1 aliphatic rings. The van der Waals surface area contributed by atoms with Gasteiger partial charge in [0.2, 0.25) is 0 Å². The lowest BCUT2D eigenvalue weighted by Gasteiger charge is -2.30. The Kier molecular flexibility index (Phi) is 5.44. The van der Waals surface area contributed by atoms with Crippen LogP contribution in [0.2, 0.25) is 0 Å². The molecule has 122 valence electrons. The zero-order valence-electron chi connectivity index (χ0n) is 12.0. The number of alkyl halides is 3. The molecule has 22 heavy (non-hydrogen) atoms. The topological polar surface area (TPSA) is 41.6 Å². The molecule has 1 heterocycles. The van der Waals surface area contributed by atoms with Crippen molar-refractivity contribution in [1.82, 2.24) is 10.2 Å². The highest BCUT2D eigenvalue weighted by Crippen LogP contribution is 2.33. The first-order valence-electron chi connectivity index (χ1n) is 6.75. The first kappa shape index (κ1) is 16.8. The van der Waals surface area contributed by atoms with E-state index in [1.54, 1.807) is 11.8 Å². The van der Waals surface area contributed by atoms with E-state index in [-0.39, 0.29) is 5.56 Å². The van der Waals surface area contributed by atoms with Gasteiger partial charge < -0.3 is 15.0 Å². The van der Waals surface area contributed by atoms with Crippen LogP contribution in [-0.4, -0.2) is 48.8 Å². The summed E-state index contributed by atoms with van der Waals surface area (Å²) >= 11 is 1.68. The number of nitrogens with one attached hydrogen (secondary N) is 1. The largest absolute Gasteiger partial charge is 0.497 e. The molecule has 2 amide bonds. The fraction of sp³-hybridized carbons (Fsp3) is 0.500. The molecule has 1 atom stereocenters. The number of rotatable bonds is 3. The van der Waals surface area contributed by atoms with Gasteiger partial charge in [-0.05, 0) is 17.7 Å². The van der Waals surface area contributed by atoms with Crippen LogP contribution in [0.15, 0.2) is 24.3 Å². The number of benzene rings is 1. The summed E-state index contributed by atoms with van der Waals surface area (Å²) in [5, 5.41) is 2.09. The zero-order chi connectivity index (χ0) is 16.2. The SMILES string of the molecule is COc1ccc(C(NC(=O)N2CCSCC2)C(F)(F)F)cc1. The van der Waals surface area contributed by atoms with Gasteiger partial charge in [0.1, 0.15) is 5.75 Å². The minimum absolute atomic E-state index is 0.0203. The van der Waals surface area contributed by atoms with E-state index >= 15 is 0 Å². The van der Waals surface area contributed by atoms with Crippen molar-refractivity contribution in [3.05, 3.63) is 29.8 Å². The monoisotopic (exact) mass is 334 g/mol. The highest BCUT2D eigenvalue weighted by molar-refractivity contribution is 7.99. The van der Waals surface area contributed by atoms with Gasteiger partial charge in [-0.15, -0.1) is 0 Å². The van der Waals surface area contributed by atoms with Crippen LogP contribution in [0.4, 0.5) is 18.0 Å². The van der Waals surface area contributed by atoms with E-state index in [2.05, 4.69) is 5.32 Å². The predicted molar refractivity (Wildman–Crippen MR) is 79.2 cm³/mol. The molecule has 1 aromatic carbocycles. The van der Waals surface area contributed by atoms with Gasteiger partial charge in [0.15, 0.2) is 6.04 Å². The van der Waals surface area contributed by atoms with Crippen LogP contribution in [0.25, 0.3) is 0 Å². The molecule has 1 saturated heterocycles.